The van der Waals surface area contributed by atoms with Crippen molar-refractivity contribution in [2.45, 2.75) is 6.54 Å². The van der Waals surface area contributed by atoms with Gasteiger partial charge in [0.25, 0.3) is 5.91 Å². The highest BCUT2D eigenvalue weighted by Gasteiger charge is 2.17. The molecule has 0 aliphatic carbocycles. The van der Waals surface area contributed by atoms with Crippen molar-refractivity contribution < 1.29 is 9.59 Å². The Hall–Kier alpha value is -2.16. The standard InChI is InChI=1S/C11H13BrN6O2/c1-13-11(20)10-8(5-17(2)16-10)15-9(19)6-18-4-7(12)3-14-18/h3-5H,6H2,1-2H3,(H,13,20)(H,15,19). The summed E-state index contributed by atoms with van der Waals surface area (Å²) in [5, 5.41) is 13.1. The zero-order valence-electron chi connectivity index (χ0n) is 10.9. The van der Waals surface area contributed by atoms with Gasteiger partial charge >= 0.3 is 0 Å². The van der Waals surface area contributed by atoms with E-state index in [4.69, 9.17) is 0 Å². The van der Waals surface area contributed by atoms with Crippen molar-refractivity contribution in [2.24, 2.45) is 7.05 Å². The Morgan fingerprint density at radius 3 is 2.75 bits per heavy atom. The molecule has 106 valence electrons. The topological polar surface area (TPSA) is 93.8 Å². The molecule has 2 N–H and O–H groups in total. The maximum Gasteiger partial charge on any atom is 0.273 e. The molecular weight excluding hydrogens is 328 g/mol. The molecule has 2 aromatic rings. The first-order valence-corrected chi connectivity index (χ1v) is 6.52. The zero-order chi connectivity index (χ0) is 14.7. The van der Waals surface area contributed by atoms with Crippen molar-refractivity contribution in [3.8, 4) is 0 Å². The van der Waals surface area contributed by atoms with E-state index in [-0.39, 0.29) is 24.1 Å². The third-order valence-electron chi connectivity index (χ3n) is 2.45. The van der Waals surface area contributed by atoms with Crippen LogP contribution in [0.4, 0.5) is 5.69 Å². The smallest absolute Gasteiger partial charge is 0.273 e. The second kappa shape index (κ2) is 5.87. The van der Waals surface area contributed by atoms with Crippen LogP contribution in [0.1, 0.15) is 10.5 Å². The first-order valence-electron chi connectivity index (χ1n) is 5.73. The summed E-state index contributed by atoms with van der Waals surface area (Å²) in [6.07, 6.45) is 4.84. The van der Waals surface area contributed by atoms with Crippen LogP contribution in [0.25, 0.3) is 0 Å². The number of halogens is 1. The minimum Gasteiger partial charge on any atom is -0.354 e. The maximum atomic E-state index is 11.9. The van der Waals surface area contributed by atoms with E-state index in [1.165, 1.54) is 16.4 Å². The molecule has 0 bridgehead atoms. The number of aromatic nitrogens is 4. The third kappa shape index (κ3) is 3.23. The van der Waals surface area contributed by atoms with Gasteiger partial charge in [-0.05, 0) is 15.9 Å². The van der Waals surface area contributed by atoms with Crippen LogP contribution in [-0.2, 0) is 18.4 Å². The van der Waals surface area contributed by atoms with Gasteiger partial charge in [0, 0.05) is 26.5 Å². The number of amides is 2. The highest BCUT2D eigenvalue weighted by Crippen LogP contribution is 2.13. The molecule has 0 saturated heterocycles. The molecule has 8 nitrogen and oxygen atoms in total. The Kier molecular flexibility index (Phi) is 4.18. The maximum absolute atomic E-state index is 11.9. The van der Waals surface area contributed by atoms with Gasteiger partial charge in [-0.3, -0.25) is 19.0 Å². The molecule has 0 radical (unpaired) electrons. The van der Waals surface area contributed by atoms with Crippen LogP contribution in [0, 0.1) is 0 Å². The van der Waals surface area contributed by atoms with Gasteiger partial charge in [0.1, 0.15) is 6.54 Å². The number of nitrogens with zero attached hydrogens (tertiary/aromatic N) is 4. The number of carbonyl (C=O) groups excluding carboxylic acids is 2. The summed E-state index contributed by atoms with van der Waals surface area (Å²) in [7, 11) is 3.18. The van der Waals surface area contributed by atoms with Crippen LogP contribution in [0.3, 0.4) is 0 Å². The molecule has 0 spiro atoms. The minimum atomic E-state index is -0.359. The Bertz CT molecular complexity index is 647. The first-order chi connectivity index (χ1) is 9.49. The Morgan fingerprint density at radius 1 is 1.40 bits per heavy atom. The fourth-order valence-corrected chi connectivity index (χ4v) is 1.96. The van der Waals surface area contributed by atoms with E-state index >= 15 is 0 Å². The van der Waals surface area contributed by atoms with E-state index in [1.54, 1.807) is 25.6 Å². The van der Waals surface area contributed by atoms with Gasteiger partial charge in [0.05, 0.1) is 16.4 Å². The lowest BCUT2D eigenvalue weighted by molar-refractivity contribution is -0.116. The predicted molar refractivity (Wildman–Crippen MR) is 75.2 cm³/mol. The summed E-state index contributed by atoms with van der Waals surface area (Å²) in [5.74, 6) is -0.651. The summed E-state index contributed by atoms with van der Waals surface area (Å²) in [6.45, 7) is 0.0493. The van der Waals surface area contributed by atoms with Crippen molar-refractivity contribution in [1.82, 2.24) is 24.9 Å². The summed E-state index contributed by atoms with van der Waals surface area (Å²) in [4.78, 5) is 23.5. The van der Waals surface area contributed by atoms with E-state index in [0.29, 0.717) is 5.69 Å². The molecule has 0 aliphatic rings. The lowest BCUT2D eigenvalue weighted by Crippen LogP contribution is -2.23. The highest BCUT2D eigenvalue weighted by molar-refractivity contribution is 9.10. The van der Waals surface area contributed by atoms with Crippen LogP contribution >= 0.6 is 15.9 Å². The number of hydrogen-bond acceptors (Lipinski definition) is 4. The van der Waals surface area contributed by atoms with Gasteiger partial charge in [0.2, 0.25) is 5.91 Å². The second-order valence-electron chi connectivity index (χ2n) is 4.05. The SMILES string of the molecule is CNC(=O)c1nn(C)cc1NC(=O)Cn1cc(Br)cn1. The van der Waals surface area contributed by atoms with E-state index in [0.717, 1.165) is 4.47 Å². The van der Waals surface area contributed by atoms with Crippen LogP contribution in [-0.4, -0.2) is 38.4 Å². The predicted octanol–water partition coefficient (Wildman–Crippen LogP) is 0.377. The quantitative estimate of drug-likeness (QED) is 0.841. The first kappa shape index (κ1) is 14.3. The van der Waals surface area contributed by atoms with Crippen molar-refractivity contribution in [1.29, 1.82) is 0 Å². The molecular formula is C11H13BrN6O2. The zero-order valence-corrected chi connectivity index (χ0v) is 12.5. The van der Waals surface area contributed by atoms with Crippen LogP contribution in [0.5, 0.6) is 0 Å². The van der Waals surface area contributed by atoms with Gasteiger partial charge < -0.3 is 10.6 Å². The van der Waals surface area contributed by atoms with Crippen molar-refractivity contribution in [3.05, 3.63) is 28.8 Å². The lowest BCUT2D eigenvalue weighted by Gasteiger charge is -2.04. The number of aryl methyl sites for hydroxylation is 1. The molecule has 0 saturated carbocycles. The number of anilines is 1. The number of nitrogens with one attached hydrogen (secondary N) is 2. The molecule has 0 atom stereocenters. The summed E-state index contributed by atoms with van der Waals surface area (Å²) < 4.78 is 3.73. The molecule has 2 rings (SSSR count). The molecule has 20 heavy (non-hydrogen) atoms. The highest BCUT2D eigenvalue weighted by atomic mass is 79.9. The molecule has 0 unspecified atom stereocenters. The minimum absolute atomic E-state index is 0.0493. The normalized spacial score (nSPS) is 10.3. The second-order valence-corrected chi connectivity index (χ2v) is 4.96. The Labute approximate surface area is 123 Å². The lowest BCUT2D eigenvalue weighted by atomic mass is 10.3. The van der Waals surface area contributed by atoms with Crippen molar-refractivity contribution >= 4 is 33.4 Å². The molecule has 0 aliphatic heterocycles. The molecule has 9 heteroatoms. The van der Waals surface area contributed by atoms with Crippen LogP contribution in [0.2, 0.25) is 0 Å². The van der Waals surface area contributed by atoms with Gasteiger partial charge in [-0.2, -0.15) is 10.2 Å². The number of hydrogen-bond donors (Lipinski definition) is 2. The molecule has 0 aromatic carbocycles. The molecule has 2 aromatic heterocycles. The van der Waals surface area contributed by atoms with E-state index in [1.807, 2.05) is 0 Å². The number of rotatable bonds is 4. The third-order valence-corrected chi connectivity index (χ3v) is 2.86. The number of carbonyl (C=O) groups is 2. The van der Waals surface area contributed by atoms with Gasteiger partial charge in [-0.25, -0.2) is 0 Å². The summed E-state index contributed by atoms with van der Waals surface area (Å²) in [6, 6.07) is 0. The van der Waals surface area contributed by atoms with E-state index in [9.17, 15) is 9.59 Å². The van der Waals surface area contributed by atoms with Crippen LogP contribution in [0.15, 0.2) is 23.1 Å². The fraction of sp³-hybridized carbons (Fsp3) is 0.273. The molecule has 2 amide bonds. The summed E-state index contributed by atoms with van der Waals surface area (Å²) in [5.41, 5.74) is 0.535. The average molecular weight is 341 g/mol. The monoisotopic (exact) mass is 340 g/mol. The average Bonchev–Trinajstić information content (AvgIpc) is 2.94. The van der Waals surface area contributed by atoms with E-state index < -0.39 is 0 Å². The van der Waals surface area contributed by atoms with Crippen molar-refractivity contribution in [2.75, 3.05) is 12.4 Å². The van der Waals surface area contributed by atoms with Crippen molar-refractivity contribution in [3.63, 3.8) is 0 Å². The van der Waals surface area contributed by atoms with E-state index in [2.05, 4.69) is 36.8 Å². The van der Waals surface area contributed by atoms with Gasteiger partial charge in [-0.1, -0.05) is 0 Å². The Balaban J connectivity index is 2.09. The largest absolute Gasteiger partial charge is 0.354 e. The van der Waals surface area contributed by atoms with Crippen LogP contribution < -0.4 is 10.6 Å². The van der Waals surface area contributed by atoms with Gasteiger partial charge in [0.15, 0.2) is 5.69 Å². The summed E-state index contributed by atoms with van der Waals surface area (Å²) >= 11 is 3.25. The fourth-order valence-electron chi connectivity index (χ4n) is 1.63. The van der Waals surface area contributed by atoms with Gasteiger partial charge in [-0.15, -0.1) is 0 Å². The molecule has 2 heterocycles. The molecule has 0 fully saturated rings. The Morgan fingerprint density at radius 2 is 2.15 bits per heavy atom.